The fourth-order valence-corrected chi connectivity index (χ4v) is 6.70. The van der Waals surface area contributed by atoms with Gasteiger partial charge in [0.15, 0.2) is 5.78 Å². The fraction of sp³-hybridized carbons (Fsp3) is 0.474. The minimum absolute atomic E-state index is 0.282. The first-order valence-corrected chi connectivity index (χ1v) is 16.2. The SMILES string of the molecule is Cc1ccccc1CN1CCCc2ccc(C(=O)CCCC3CCN(Cc4ccc(C(C)(C)C(=O)O)cc4)CC3)cc2C1. The number of nitrogens with zero attached hydrogens (tertiary/aromatic N) is 2. The number of piperidine rings is 1. The zero-order chi connectivity index (χ0) is 30.4. The van der Waals surface area contributed by atoms with Crippen molar-refractivity contribution in [2.24, 2.45) is 5.92 Å². The third kappa shape index (κ3) is 8.01. The molecule has 0 spiro atoms. The summed E-state index contributed by atoms with van der Waals surface area (Å²) in [5.74, 6) is 0.164. The Morgan fingerprint density at radius 2 is 1.63 bits per heavy atom. The number of carbonyl (C=O) groups excluding carboxylic acids is 1. The number of fused-ring (bicyclic) bond motifs is 1. The zero-order valence-electron chi connectivity index (χ0n) is 26.3. The average Bonchev–Trinajstić information content (AvgIpc) is 3.20. The van der Waals surface area contributed by atoms with Crippen molar-refractivity contribution in [3.8, 4) is 0 Å². The van der Waals surface area contributed by atoms with Crippen LogP contribution in [0.5, 0.6) is 0 Å². The predicted molar refractivity (Wildman–Crippen MR) is 173 cm³/mol. The second kappa shape index (κ2) is 14.0. The van der Waals surface area contributed by atoms with Crippen LogP contribution in [0.4, 0.5) is 0 Å². The predicted octanol–water partition coefficient (Wildman–Crippen LogP) is 7.57. The lowest BCUT2D eigenvalue weighted by Crippen LogP contribution is -2.33. The number of hydrogen-bond donors (Lipinski definition) is 1. The normalized spacial score (nSPS) is 16.9. The Balaban J connectivity index is 1.06. The van der Waals surface area contributed by atoms with Crippen molar-refractivity contribution >= 4 is 11.8 Å². The summed E-state index contributed by atoms with van der Waals surface area (Å²) < 4.78 is 0. The van der Waals surface area contributed by atoms with Crippen LogP contribution < -0.4 is 0 Å². The van der Waals surface area contributed by atoms with Gasteiger partial charge in [-0.05, 0) is 124 Å². The van der Waals surface area contributed by atoms with Crippen molar-refractivity contribution in [3.05, 3.63) is 106 Å². The van der Waals surface area contributed by atoms with Gasteiger partial charge in [-0.3, -0.25) is 19.4 Å². The van der Waals surface area contributed by atoms with E-state index in [0.717, 1.165) is 76.1 Å². The molecule has 1 saturated heterocycles. The van der Waals surface area contributed by atoms with Gasteiger partial charge in [-0.25, -0.2) is 0 Å². The molecule has 0 saturated carbocycles. The van der Waals surface area contributed by atoms with E-state index >= 15 is 0 Å². The summed E-state index contributed by atoms with van der Waals surface area (Å²) >= 11 is 0. The number of carboxylic acids is 1. The smallest absolute Gasteiger partial charge is 0.313 e. The molecule has 0 unspecified atom stereocenters. The van der Waals surface area contributed by atoms with E-state index in [-0.39, 0.29) is 5.78 Å². The van der Waals surface area contributed by atoms with Gasteiger partial charge in [0.05, 0.1) is 5.41 Å². The fourth-order valence-electron chi connectivity index (χ4n) is 6.70. The van der Waals surface area contributed by atoms with Crippen LogP contribution in [0.2, 0.25) is 0 Å². The number of carboxylic acid groups (broad SMARTS) is 1. The Kier molecular flexibility index (Phi) is 10.1. The Morgan fingerprint density at radius 3 is 2.35 bits per heavy atom. The van der Waals surface area contributed by atoms with Gasteiger partial charge in [0.1, 0.15) is 0 Å². The van der Waals surface area contributed by atoms with Crippen molar-refractivity contribution < 1.29 is 14.7 Å². The first-order chi connectivity index (χ1) is 20.7. The highest BCUT2D eigenvalue weighted by molar-refractivity contribution is 5.96. The minimum Gasteiger partial charge on any atom is -0.481 e. The molecule has 228 valence electrons. The van der Waals surface area contributed by atoms with Crippen molar-refractivity contribution in [2.45, 2.75) is 90.8 Å². The van der Waals surface area contributed by atoms with Gasteiger partial charge in [-0.15, -0.1) is 0 Å². The summed E-state index contributed by atoms with van der Waals surface area (Å²) in [6.45, 7) is 11.7. The number of hydrogen-bond acceptors (Lipinski definition) is 4. The van der Waals surface area contributed by atoms with E-state index in [1.807, 2.05) is 12.1 Å². The molecular formula is C38H48N2O3. The van der Waals surface area contributed by atoms with E-state index in [1.54, 1.807) is 13.8 Å². The number of Topliss-reactive ketones (excluding diaryl/α,β-unsaturated/α-hetero) is 1. The molecule has 5 rings (SSSR count). The summed E-state index contributed by atoms with van der Waals surface area (Å²) in [6.07, 6.45) is 7.30. The van der Waals surface area contributed by atoms with Gasteiger partial charge in [0, 0.05) is 31.6 Å². The summed E-state index contributed by atoms with van der Waals surface area (Å²) in [5.41, 5.74) is 7.52. The summed E-state index contributed by atoms with van der Waals surface area (Å²) in [4.78, 5) is 29.8. The maximum absolute atomic E-state index is 13.2. The number of aliphatic carboxylic acids is 1. The number of likely N-dealkylation sites (tertiary alicyclic amines) is 1. The zero-order valence-corrected chi connectivity index (χ0v) is 26.3. The summed E-state index contributed by atoms with van der Waals surface area (Å²) in [6, 6.07) is 23.2. The van der Waals surface area contributed by atoms with E-state index in [0.29, 0.717) is 12.3 Å². The van der Waals surface area contributed by atoms with Gasteiger partial charge in [-0.2, -0.15) is 0 Å². The summed E-state index contributed by atoms with van der Waals surface area (Å²) in [7, 11) is 0. The highest BCUT2D eigenvalue weighted by atomic mass is 16.4. The van der Waals surface area contributed by atoms with Crippen LogP contribution in [0.1, 0.15) is 96.1 Å². The Bertz CT molecular complexity index is 1400. The van der Waals surface area contributed by atoms with Crippen molar-refractivity contribution in [3.63, 3.8) is 0 Å². The van der Waals surface area contributed by atoms with Gasteiger partial charge < -0.3 is 5.11 Å². The third-order valence-electron chi connectivity index (χ3n) is 9.84. The molecule has 0 bridgehead atoms. The van der Waals surface area contributed by atoms with Crippen molar-refractivity contribution in [1.29, 1.82) is 0 Å². The Labute approximate surface area is 257 Å². The molecule has 3 aromatic carbocycles. The Morgan fingerprint density at radius 1 is 0.884 bits per heavy atom. The topological polar surface area (TPSA) is 60.9 Å². The quantitative estimate of drug-likeness (QED) is 0.237. The monoisotopic (exact) mass is 580 g/mol. The average molecular weight is 581 g/mol. The van der Waals surface area contributed by atoms with Crippen LogP contribution in [0, 0.1) is 12.8 Å². The molecule has 2 heterocycles. The summed E-state index contributed by atoms with van der Waals surface area (Å²) in [5, 5.41) is 9.48. The van der Waals surface area contributed by atoms with Crippen LogP contribution in [-0.2, 0) is 36.3 Å². The number of aryl methyl sites for hydroxylation is 2. The second-order valence-corrected chi connectivity index (χ2v) is 13.4. The highest BCUT2D eigenvalue weighted by Gasteiger charge is 2.29. The molecule has 5 heteroatoms. The van der Waals surface area contributed by atoms with Crippen LogP contribution in [0.15, 0.2) is 66.7 Å². The standard InChI is InChI=1S/C38H48N2O3/c1-28-8-4-5-10-33(28)26-40-21-7-11-31-15-16-32(24-34(31)27-40)36(41)12-6-9-29-19-22-39(23-20-29)25-30-13-17-35(18-14-30)38(2,3)37(42)43/h4-5,8,10,13-18,24,29H,6-7,9,11-12,19-23,25-27H2,1-3H3,(H,42,43). The maximum Gasteiger partial charge on any atom is 0.313 e. The highest BCUT2D eigenvalue weighted by Crippen LogP contribution is 2.27. The first-order valence-electron chi connectivity index (χ1n) is 16.2. The molecule has 0 radical (unpaired) electrons. The van der Waals surface area contributed by atoms with E-state index in [9.17, 15) is 14.7 Å². The van der Waals surface area contributed by atoms with Gasteiger partial charge in [0.2, 0.25) is 0 Å². The number of carbonyl (C=O) groups is 2. The number of ketones is 1. The molecule has 1 fully saturated rings. The maximum atomic E-state index is 13.2. The van der Waals surface area contributed by atoms with Crippen molar-refractivity contribution in [2.75, 3.05) is 19.6 Å². The number of rotatable bonds is 11. The van der Waals surface area contributed by atoms with Crippen LogP contribution in [0.25, 0.3) is 0 Å². The largest absolute Gasteiger partial charge is 0.481 e. The molecule has 43 heavy (non-hydrogen) atoms. The third-order valence-corrected chi connectivity index (χ3v) is 9.84. The Hall–Kier alpha value is -3.28. The molecule has 0 aliphatic carbocycles. The minimum atomic E-state index is -0.874. The first kappa shape index (κ1) is 31.2. The van der Waals surface area contributed by atoms with Crippen LogP contribution in [-0.4, -0.2) is 46.3 Å². The van der Waals surface area contributed by atoms with Crippen molar-refractivity contribution in [1.82, 2.24) is 9.80 Å². The molecule has 2 aliphatic rings. The molecule has 0 amide bonds. The van der Waals surface area contributed by atoms with E-state index in [4.69, 9.17) is 0 Å². The molecule has 2 aliphatic heterocycles. The second-order valence-electron chi connectivity index (χ2n) is 13.4. The number of benzene rings is 3. The van der Waals surface area contributed by atoms with Crippen LogP contribution >= 0.6 is 0 Å². The van der Waals surface area contributed by atoms with E-state index in [2.05, 4.69) is 71.3 Å². The van der Waals surface area contributed by atoms with Gasteiger partial charge >= 0.3 is 5.97 Å². The molecule has 5 nitrogen and oxygen atoms in total. The van der Waals surface area contributed by atoms with E-state index < -0.39 is 11.4 Å². The molecular weight excluding hydrogens is 532 g/mol. The molecule has 0 aromatic heterocycles. The lowest BCUT2D eigenvalue weighted by atomic mass is 9.84. The van der Waals surface area contributed by atoms with Crippen LogP contribution in [0.3, 0.4) is 0 Å². The van der Waals surface area contributed by atoms with E-state index in [1.165, 1.54) is 40.7 Å². The van der Waals surface area contributed by atoms with Gasteiger partial charge in [0.25, 0.3) is 0 Å². The lowest BCUT2D eigenvalue weighted by Gasteiger charge is -2.32. The van der Waals surface area contributed by atoms with Gasteiger partial charge in [-0.1, -0.05) is 60.7 Å². The lowest BCUT2D eigenvalue weighted by molar-refractivity contribution is -0.142. The molecule has 1 N–H and O–H groups in total. The molecule has 3 aromatic rings. The molecule has 0 atom stereocenters.